The maximum Gasteiger partial charge on any atom is 0.325 e. The van der Waals surface area contributed by atoms with Crippen LogP contribution in [0.4, 0.5) is 5.95 Å². The molecule has 0 aliphatic rings. The second-order valence-corrected chi connectivity index (χ2v) is 3.72. The van der Waals surface area contributed by atoms with Gasteiger partial charge in [0, 0.05) is 6.92 Å². The van der Waals surface area contributed by atoms with E-state index in [2.05, 4.69) is 25.0 Å². The van der Waals surface area contributed by atoms with Gasteiger partial charge in [0.1, 0.15) is 6.54 Å². The van der Waals surface area contributed by atoms with Crippen LogP contribution < -0.4 is 10.9 Å². The number of aromatic nitrogens is 4. The number of carbonyl (C=O) groups excluding carboxylic acids is 2. The van der Waals surface area contributed by atoms with Gasteiger partial charge < -0.3 is 9.30 Å². The molecule has 0 aromatic carbocycles. The summed E-state index contributed by atoms with van der Waals surface area (Å²) in [4.78, 5) is 44.2. The SMILES string of the molecule is COC(=O)Cn1cnc2nc(NC(C)=O)[nH]c(=O)c21. The van der Waals surface area contributed by atoms with Gasteiger partial charge in [0.05, 0.1) is 13.4 Å². The molecule has 2 N–H and O–H groups in total. The fraction of sp³-hybridized carbons (Fsp3) is 0.300. The van der Waals surface area contributed by atoms with E-state index in [1.807, 2.05) is 0 Å². The number of fused-ring (bicyclic) bond motifs is 1. The van der Waals surface area contributed by atoms with Crippen molar-refractivity contribution in [3.8, 4) is 0 Å². The highest BCUT2D eigenvalue weighted by Crippen LogP contribution is 2.07. The Kier molecular flexibility index (Phi) is 3.27. The van der Waals surface area contributed by atoms with Crippen molar-refractivity contribution in [2.45, 2.75) is 13.5 Å². The van der Waals surface area contributed by atoms with E-state index in [0.717, 1.165) is 0 Å². The summed E-state index contributed by atoms with van der Waals surface area (Å²) in [5.41, 5.74) is -0.231. The molecule has 0 atom stereocenters. The zero-order valence-electron chi connectivity index (χ0n) is 10.3. The van der Waals surface area contributed by atoms with Crippen molar-refractivity contribution in [2.75, 3.05) is 12.4 Å². The zero-order chi connectivity index (χ0) is 14.0. The van der Waals surface area contributed by atoms with E-state index < -0.39 is 11.5 Å². The molecule has 2 heterocycles. The number of anilines is 1. The third kappa shape index (κ3) is 2.59. The van der Waals surface area contributed by atoms with Crippen LogP contribution >= 0.6 is 0 Å². The molecule has 0 radical (unpaired) electrons. The van der Waals surface area contributed by atoms with Crippen molar-refractivity contribution in [3.63, 3.8) is 0 Å². The largest absolute Gasteiger partial charge is 0.468 e. The summed E-state index contributed by atoms with van der Waals surface area (Å²) in [6.45, 7) is 1.15. The van der Waals surface area contributed by atoms with Gasteiger partial charge in [0.15, 0.2) is 11.2 Å². The topological polar surface area (TPSA) is 119 Å². The van der Waals surface area contributed by atoms with Gasteiger partial charge in [-0.2, -0.15) is 4.98 Å². The number of methoxy groups -OCH3 is 1. The highest BCUT2D eigenvalue weighted by Gasteiger charge is 2.13. The van der Waals surface area contributed by atoms with Crippen LogP contribution in [0.3, 0.4) is 0 Å². The third-order valence-electron chi connectivity index (χ3n) is 2.30. The van der Waals surface area contributed by atoms with Gasteiger partial charge in [0.25, 0.3) is 5.56 Å². The van der Waals surface area contributed by atoms with Crippen LogP contribution in [-0.2, 0) is 20.9 Å². The molecule has 0 saturated carbocycles. The Morgan fingerprint density at radius 2 is 2.26 bits per heavy atom. The van der Waals surface area contributed by atoms with E-state index in [-0.39, 0.29) is 29.6 Å². The number of carbonyl (C=O) groups is 2. The van der Waals surface area contributed by atoms with Crippen LogP contribution in [0.15, 0.2) is 11.1 Å². The molecule has 0 unspecified atom stereocenters. The summed E-state index contributed by atoms with van der Waals surface area (Å²) in [5.74, 6) is -0.866. The molecule has 0 saturated heterocycles. The minimum atomic E-state index is -0.510. The molecule has 9 nitrogen and oxygen atoms in total. The molecule has 2 rings (SSSR count). The molecule has 0 bridgehead atoms. The molecule has 0 spiro atoms. The van der Waals surface area contributed by atoms with E-state index in [1.54, 1.807) is 0 Å². The molecule has 19 heavy (non-hydrogen) atoms. The number of nitrogens with one attached hydrogen (secondary N) is 2. The lowest BCUT2D eigenvalue weighted by atomic mass is 10.5. The first-order chi connectivity index (χ1) is 9.01. The summed E-state index contributed by atoms with van der Waals surface area (Å²) in [7, 11) is 1.25. The Balaban J connectivity index is 2.47. The highest BCUT2D eigenvalue weighted by molar-refractivity contribution is 5.87. The Labute approximate surface area is 106 Å². The lowest BCUT2D eigenvalue weighted by Crippen LogP contribution is -2.19. The second kappa shape index (κ2) is 4.88. The number of aromatic amines is 1. The molecule has 1 amide bonds. The first-order valence-corrected chi connectivity index (χ1v) is 5.31. The van der Waals surface area contributed by atoms with Gasteiger partial charge in [-0.15, -0.1) is 0 Å². The first-order valence-electron chi connectivity index (χ1n) is 5.31. The van der Waals surface area contributed by atoms with Gasteiger partial charge >= 0.3 is 5.97 Å². The molecule has 0 aliphatic carbocycles. The molecule has 2 aromatic rings. The van der Waals surface area contributed by atoms with E-state index in [9.17, 15) is 14.4 Å². The van der Waals surface area contributed by atoms with Crippen molar-refractivity contribution in [1.82, 2.24) is 19.5 Å². The van der Waals surface area contributed by atoms with E-state index >= 15 is 0 Å². The van der Waals surface area contributed by atoms with Gasteiger partial charge in [-0.25, -0.2) is 4.98 Å². The third-order valence-corrected chi connectivity index (χ3v) is 2.30. The van der Waals surface area contributed by atoms with Crippen molar-refractivity contribution < 1.29 is 14.3 Å². The average molecular weight is 265 g/mol. The van der Waals surface area contributed by atoms with E-state index in [1.165, 1.54) is 24.9 Å². The van der Waals surface area contributed by atoms with E-state index in [0.29, 0.717) is 0 Å². The molecule has 0 fully saturated rings. The smallest absolute Gasteiger partial charge is 0.325 e. The number of rotatable bonds is 3. The number of esters is 1. The predicted octanol–water partition coefficient (Wildman–Crippen LogP) is -0.749. The maximum atomic E-state index is 11.9. The number of amides is 1. The minimum Gasteiger partial charge on any atom is -0.468 e. The molecule has 2 aromatic heterocycles. The quantitative estimate of drug-likeness (QED) is 0.705. The standard InChI is InChI=1S/C10H11N5O4/c1-5(16)12-10-13-8-7(9(18)14-10)15(4-11-8)3-6(17)19-2/h4H,3H2,1-2H3,(H2,12,13,14,16,18). The monoisotopic (exact) mass is 265 g/mol. The van der Waals surface area contributed by atoms with Gasteiger partial charge in [0.2, 0.25) is 11.9 Å². The van der Waals surface area contributed by atoms with Gasteiger partial charge in [-0.3, -0.25) is 24.7 Å². The fourth-order valence-corrected chi connectivity index (χ4v) is 1.54. The van der Waals surface area contributed by atoms with Crippen LogP contribution in [0.1, 0.15) is 6.92 Å². The molecular weight excluding hydrogens is 254 g/mol. The number of H-pyrrole nitrogens is 1. The van der Waals surface area contributed by atoms with E-state index in [4.69, 9.17) is 0 Å². The van der Waals surface area contributed by atoms with Crippen molar-refractivity contribution in [2.24, 2.45) is 0 Å². The molecule has 100 valence electrons. The van der Waals surface area contributed by atoms with Crippen molar-refractivity contribution >= 4 is 29.0 Å². The lowest BCUT2D eigenvalue weighted by molar-refractivity contribution is -0.141. The number of hydrogen-bond donors (Lipinski definition) is 2. The van der Waals surface area contributed by atoms with Gasteiger partial charge in [-0.05, 0) is 0 Å². The summed E-state index contributed by atoms with van der Waals surface area (Å²) >= 11 is 0. The minimum absolute atomic E-state index is 0.00770. The molecular formula is C10H11N5O4. The average Bonchev–Trinajstić information content (AvgIpc) is 2.71. The Hall–Kier alpha value is -2.71. The summed E-state index contributed by atoms with van der Waals surface area (Å²) in [6, 6.07) is 0. The summed E-state index contributed by atoms with van der Waals surface area (Å²) in [5, 5.41) is 2.35. The Bertz CT molecular complexity index is 701. The number of ether oxygens (including phenoxy) is 1. The molecule has 9 heteroatoms. The number of imidazole rings is 1. The summed E-state index contributed by atoms with van der Waals surface area (Å²) < 4.78 is 5.84. The normalized spacial score (nSPS) is 10.4. The Morgan fingerprint density at radius 3 is 2.89 bits per heavy atom. The predicted molar refractivity (Wildman–Crippen MR) is 64.5 cm³/mol. The van der Waals surface area contributed by atoms with Crippen LogP contribution in [0.5, 0.6) is 0 Å². The van der Waals surface area contributed by atoms with Crippen molar-refractivity contribution in [1.29, 1.82) is 0 Å². The highest BCUT2D eigenvalue weighted by atomic mass is 16.5. The Morgan fingerprint density at radius 1 is 1.53 bits per heavy atom. The second-order valence-electron chi connectivity index (χ2n) is 3.72. The zero-order valence-corrected chi connectivity index (χ0v) is 10.3. The number of nitrogens with zero attached hydrogens (tertiary/aromatic N) is 3. The van der Waals surface area contributed by atoms with Crippen LogP contribution in [0, 0.1) is 0 Å². The van der Waals surface area contributed by atoms with Crippen LogP contribution in [0.2, 0.25) is 0 Å². The molecule has 0 aliphatic heterocycles. The van der Waals surface area contributed by atoms with Crippen LogP contribution in [0.25, 0.3) is 11.2 Å². The fourth-order valence-electron chi connectivity index (χ4n) is 1.54. The maximum absolute atomic E-state index is 11.9. The lowest BCUT2D eigenvalue weighted by Gasteiger charge is -2.03. The van der Waals surface area contributed by atoms with Gasteiger partial charge in [-0.1, -0.05) is 0 Å². The van der Waals surface area contributed by atoms with Crippen LogP contribution in [-0.4, -0.2) is 38.5 Å². The first kappa shape index (κ1) is 12.7. The number of hydrogen-bond acceptors (Lipinski definition) is 6. The van der Waals surface area contributed by atoms with Crippen molar-refractivity contribution in [3.05, 3.63) is 16.7 Å². The summed E-state index contributed by atoms with van der Waals surface area (Å²) in [6.07, 6.45) is 1.31.